The summed E-state index contributed by atoms with van der Waals surface area (Å²) in [5, 5.41) is 4.09. The third-order valence-electron chi connectivity index (χ3n) is 2.70. The second kappa shape index (κ2) is 4.30. The molecular formula is C11H15ClN2. The van der Waals surface area contributed by atoms with E-state index in [-0.39, 0.29) is 0 Å². The zero-order valence-electron chi connectivity index (χ0n) is 8.33. The zero-order valence-corrected chi connectivity index (χ0v) is 9.09. The maximum atomic E-state index is 5.92. The lowest BCUT2D eigenvalue weighted by atomic mass is 10.1. The molecular weight excluding hydrogens is 196 g/mol. The lowest BCUT2D eigenvalue weighted by Crippen LogP contribution is -2.55. The van der Waals surface area contributed by atoms with Crippen LogP contribution >= 0.6 is 11.6 Å². The first kappa shape index (κ1) is 9.97. The van der Waals surface area contributed by atoms with Gasteiger partial charge in [-0.15, -0.1) is 0 Å². The van der Waals surface area contributed by atoms with Crippen molar-refractivity contribution < 1.29 is 0 Å². The van der Waals surface area contributed by atoms with Crippen molar-refractivity contribution in [2.24, 2.45) is 0 Å². The number of nitrogens with one attached hydrogen (secondary N) is 1. The molecule has 14 heavy (non-hydrogen) atoms. The van der Waals surface area contributed by atoms with Gasteiger partial charge in [-0.25, -0.2) is 0 Å². The quantitative estimate of drug-likeness (QED) is 0.818. The standard InChI is InChI=1S/C11H15ClN2/c1-14(11-6-13-7-11)8-9-3-2-4-10(12)5-9/h2-5,11,13H,6-8H2,1H3. The van der Waals surface area contributed by atoms with Crippen LogP contribution < -0.4 is 5.32 Å². The zero-order chi connectivity index (χ0) is 9.97. The minimum Gasteiger partial charge on any atom is -0.314 e. The highest BCUT2D eigenvalue weighted by molar-refractivity contribution is 6.30. The van der Waals surface area contributed by atoms with Gasteiger partial charge < -0.3 is 5.32 Å². The predicted molar refractivity (Wildman–Crippen MR) is 59.6 cm³/mol. The summed E-state index contributed by atoms with van der Waals surface area (Å²) in [5.41, 5.74) is 1.28. The Labute approximate surface area is 89.9 Å². The van der Waals surface area contributed by atoms with Gasteiger partial charge in [0, 0.05) is 30.7 Å². The first-order chi connectivity index (χ1) is 6.75. The first-order valence-corrected chi connectivity index (χ1v) is 5.29. The SMILES string of the molecule is CN(Cc1cccc(Cl)c1)C1CNC1. The Kier molecular flexibility index (Phi) is 3.06. The van der Waals surface area contributed by atoms with E-state index in [1.807, 2.05) is 18.2 Å². The van der Waals surface area contributed by atoms with E-state index in [2.05, 4.69) is 23.3 Å². The highest BCUT2D eigenvalue weighted by atomic mass is 35.5. The Balaban J connectivity index is 1.95. The molecule has 0 spiro atoms. The van der Waals surface area contributed by atoms with Crippen molar-refractivity contribution in [1.82, 2.24) is 10.2 Å². The Hall–Kier alpha value is -0.570. The van der Waals surface area contributed by atoms with E-state index in [1.54, 1.807) is 0 Å². The van der Waals surface area contributed by atoms with Crippen LogP contribution in [0.2, 0.25) is 5.02 Å². The average Bonchev–Trinajstić information content (AvgIpc) is 1.99. The van der Waals surface area contributed by atoms with E-state index in [0.29, 0.717) is 6.04 Å². The summed E-state index contributed by atoms with van der Waals surface area (Å²) >= 11 is 5.92. The van der Waals surface area contributed by atoms with Gasteiger partial charge in [-0.05, 0) is 24.7 Å². The van der Waals surface area contributed by atoms with Crippen molar-refractivity contribution in [2.75, 3.05) is 20.1 Å². The molecule has 1 N–H and O–H groups in total. The smallest absolute Gasteiger partial charge is 0.0409 e. The Morgan fingerprint density at radius 3 is 2.86 bits per heavy atom. The number of likely N-dealkylation sites (N-methyl/N-ethyl adjacent to an activating group) is 1. The predicted octanol–water partition coefficient (Wildman–Crippen LogP) is 1.74. The molecule has 0 bridgehead atoms. The van der Waals surface area contributed by atoms with Crippen LogP contribution in [0.3, 0.4) is 0 Å². The summed E-state index contributed by atoms with van der Waals surface area (Å²) < 4.78 is 0. The van der Waals surface area contributed by atoms with Gasteiger partial charge in [0.05, 0.1) is 0 Å². The van der Waals surface area contributed by atoms with Gasteiger partial charge >= 0.3 is 0 Å². The van der Waals surface area contributed by atoms with E-state index in [1.165, 1.54) is 5.56 Å². The fourth-order valence-corrected chi connectivity index (χ4v) is 1.85. The Morgan fingerprint density at radius 1 is 1.50 bits per heavy atom. The van der Waals surface area contributed by atoms with Gasteiger partial charge in [-0.3, -0.25) is 4.90 Å². The highest BCUT2D eigenvalue weighted by Gasteiger charge is 2.20. The largest absolute Gasteiger partial charge is 0.314 e. The van der Waals surface area contributed by atoms with Crippen molar-refractivity contribution in [1.29, 1.82) is 0 Å². The van der Waals surface area contributed by atoms with Gasteiger partial charge in [0.25, 0.3) is 0 Å². The molecule has 0 amide bonds. The third-order valence-corrected chi connectivity index (χ3v) is 2.94. The van der Waals surface area contributed by atoms with Gasteiger partial charge in [0.2, 0.25) is 0 Å². The number of nitrogens with zero attached hydrogens (tertiary/aromatic N) is 1. The van der Waals surface area contributed by atoms with Crippen LogP contribution in [0, 0.1) is 0 Å². The molecule has 1 aromatic carbocycles. The molecule has 1 aromatic rings. The van der Waals surface area contributed by atoms with Crippen molar-refractivity contribution in [2.45, 2.75) is 12.6 Å². The molecule has 0 saturated carbocycles. The van der Waals surface area contributed by atoms with Crippen molar-refractivity contribution >= 4 is 11.6 Å². The third kappa shape index (κ3) is 2.27. The molecule has 1 heterocycles. The molecule has 0 aromatic heterocycles. The molecule has 76 valence electrons. The fraction of sp³-hybridized carbons (Fsp3) is 0.455. The number of hydrogen-bond donors (Lipinski definition) is 1. The van der Waals surface area contributed by atoms with Crippen LogP contribution in [0.4, 0.5) is 0 Å². The van der Waals surface area contributed by atoms with Crippen molar-refractivity contribution in [3.63, 3.8) is 0 Å². The van der Waals surface area contributed by atoms with E-state index in [9.17, 15) is 0 Å². The van der Waals surface area contributed by atoms with Gasteiger partial charge in [-0.2, -0.15) is 0 Å². The molecule has 0 aliphatic carbocycles. The molecule has 1 aliphatic rings. The summed E-state index contributed by atoms with van der Waals surface area (Å²) in [5.74, 6) is 0. The summed E-state index contributed by atoms with van der Waals surface area (Å²) in [4.78, 5) is 2.36. The maximum absolute atomic E-state index is 5.92. The highest BCUT2D eigenvalue weighted by Crippen LogP contribution is 2.14. The minimum atomic E-state index is 0.689. The van der Waals surface area contributed by atoms with E-state index >= 15 is 0 Å². The molecule has 0 atom stereocenters. The normalized spacial score (nSPS) is 17.1. The lowest BCUT2D eigenvalue weighted by Gasteiger charge is -2.35. The molecule has 1 aliphatic heterocycles. The molecule has 1 fully saturated rings. The maximum Gasteiger partial charge on any atom is 0.0409 e. The summed E-state index contributed by atoms with van der Waals surface area (Å²) in [6.07, 6.45) is 0. The van der Waals surface area contributed by atoms with Crippen LogP contribution in [-0.2, 0) is 6.54 Å². The number of halogens is 1. The van der Waals surface area contributed by atoms with Crippen LogP contribution in [0.15, 0.2) is 24.3 Å². The van der Waals surface area contributed by atoms with Crippen LogP contribution in [0.25, 0.3) is 0 Å². The molecule has 2 nitrogen and oxygen atoms in total. The molecule has 0 radical (unpaired) electrons. The molecule has 0 unspecified atom stereocenters. The summed E-state index contributed by atoms with van der Waals surface area (Å²) in [6, 6.07) is 8.76. The van der Waals surface area contributed by atoms with E-state index in [4.69, 9.17) is 11.6 Å². The van der Waals surface area contributed by atoms with Crippen LogP contribution in [-0.4, -0.2) is 31.1 Å². The van der Waals surface area contributed by atoms with E-state index in [0.717, 1.165) is 24.7 Å². The second-order valence-electron chi connectivity index (χ2n) is 3.86. The Bertz CT molecular complexity index is 310. The monoisotopic (exact) mass is 210 g/mol. The van der Waals surface area contributed by atoms with Crippen molar-refractivity contribution in [3.05, 3.63) is 34.9 Å². The van der Waals surface area contributed by atoms with Crippen LogP contribution in [0.1, 0.15) is 5.56 Å². The van der Waals surface area contributed by atoms with Crippen LogP contribution in [0.5, 0.6) is 0 Å². The van der Waals surface area contributed by atoms with Gasteiger partial charge in [0.1, 0.15) is 0 Å². The number of rotatable bonds is 3. The van der Waals surface area contributed by atoms with Crippen molar-refractivity contribution in [3.8, 4) is 0 Å². The topological polar surface area (TPSA) is 15.3 Å². The van der Waals surface area contributed by atoms with E-state index < -0.39 is 0 Å². The first-order valence-electron chi connectivity index (χ1n) is 4.91. The molecule has 1 saturated heterocycles. The minimum absolute atomic E-state index is 0.689. The Morgan fingerprint density at radius 2 is 2.29 bits per heavy atom. The molecule has 2 rings (SSSR count). The summed E-state index contributed by atoms with van der Waals surface area (Å²) in [6.45, 7) is 3.20. The average molecular weight is 211 g/mol. The van der Waals surface area contributed by atoms with Gasteiger partial charge in [0.15, 0.2) is 0 Å². The lowest BCUT2D eigenvalue weighted by molar-refractivity contribution is 0.173. The second-order valence-corrected chi connectivity index (χ2v) is 4.29. The molecule has 3 heteroatoms. The fourth-order valence-electron chi connectivity index (χ4n) is 1.64. The summed E-state index contributed by atoms with van der Waals surface area (Å²) in [7, 11) is 2.16. The number of hydrogen-bond acceptors (Lipinski definition) is 2. The number of benzene rings is 1. The van der Waals surface area contributed by atoms with Gasteiger partial charge in [-0.1, -0.05) is 23.7 Å².